The molecule has 2 aromatic carbocycles. The molecule has 0 aliphatic rings. The van der Waals surface area contributed by atoms with Crippen molar-refractivity contribution in [1.29, 1.82) is 0 Å². The van der Waals surface area contributed by atoms with Crippen LogP contribution in [0.15, 0.2) is 54.6 Å². The van der Waals surface area contributed by atoms with E-state index in [0.29, 0.717) is 11.5 Å². The fraction of sp³-hybridized carbons (Fsp3) is 0.300. The number of hydrogen-bond acceptors (Lipinski definition) is 2. The number of hydrogen-bond donors (Lipinski definition) is 2. The van der Waals surface area contributed by atoms with Crippen molar-refractivity contribution in [1.82, 2.24) is 10.6 Å². The third-order valence-corrected chi connectivity index (χ3v) is 4.33. The minimum Gasteiger partial charge on any atom is -0.362 e. The maximum absolute atomic E-state index is 11.9. The molecule has 0 heterocycles. The van der Waals surface area contributed by atoms with Gasteiger partial charge in [-0.25, -0.2) is 0 Å². The van der Waals surface area contributed by atoms with Gasteiger partial charge in [-0.3, -0.25) is 4.79 Å². The molecule has 2 N–H and O–H groups in total. The first-order valence-corrected chi connectivity index (χ1v) is 9.28. The second-order valence-corrected chi connectivity index (χ2v) is 6.72. The van der Waals surface area contributed by atoms with Gasteiger partial charge < -0.3 is 10.6 Å². The minimum absolute atomic E-state index is 0.0532. The number of thiocarbonyl (C=S) groups is 1. The van der Waals surface area contributed by atoms with E-state index in [1.807, 2.05) is 54.6 Å². The standard InChI is InChI=1S/C20H23ClN2OS/c21-18-12-9-17(10-13-18)8-4-5-15-22-20(25)23-19(24)14-11-16-6-2-1-3-7-16/h1-3,6-7,9-10,12-13H,4-5,8,11,14-15H2,(H2,22,23,24,25). The molecule has 2 rings (SSSR count). The number of rotatable bonds is 8. The van der Waals surface area contributed by atoms with Gasteiger partial charge >= 0.3 is 0 Å². The molecule has 2 aromatic rings. The largest absolute Gasteiger partial charge is 0.362 e. The van der Waals surface area contributed by atoms with Crippen LogP contribution in [0.5, 0.6) is 0 Å². The molecule has 0 saturated heterocycles. The smallest absolute Gasteiger partial charge is 0.226 e. The number of carbonyl (C=O) groups excluding carboxylic acids is 1. The van der Waals surface area contributed by atoms with Gasteiger partial charge in [0.05, 0.1) is 0 Å². The molecule has 0 saturated carbocycles. The van der Waals surface area contributed by atoms with E-state index in [-0.39, 0.29) is 5.91 Å². The van der Waals surface area contributed by atoms with Crippen LogP contribution in [0.1, 0.15) is 30.4 Å². The molecule has 0 spiro atoms. The van der Waals surface area contributed by atoms with Crippen molar-refractivity contribution in [2.75, 3.05) is 6.54 Å². The summed E-state index contributed by atoms with van der Waals surface area (Å²) in [6.45, 7) is 0.755. The summed E-state index contributed by atoms with van der Waals surface area (Å²) >= 11 is 11.0. The number of benzene rings is 2. The van der Waals surface area contributed by atoms with E-state index >= 15 is 0 Å². The van der Waals surface area contributed by atoms with E-state index in [2.05, 4.69) is 10.6 Å². The van der Waals surface area contributed by atoms with Gasteiger partial charge in [-0.05, 0) is 61.2 Å². The molecule has 0 fully saturated rings. The third kappa shape index (κ3) is 8.14. The normalized spacial score (nSPS) is 10.3. The summed E-state index contributed by atoms with van der Waals surface area (Å²) in [7, 11) is 0. The molecule has 1 amide bonds. The Morgan fingerprint density at radius 2 is 1.60 bits per heavy atom. The number of halogens is 1. The molecule has 0 unspecified atom stereocenters. The van der Waals surface area contributed by atoms with Gasteiger partial charge in [0.1, 0.15) is 0 Å². The predicted molar refractivity (Wildman–Crippen MR) is 108 cm³/mol. The molecule has 0 aliphatic carbocycles. The molecule has 132 valence electrons. The van der Waals surface area contributed by atoms with Gasteiger partial charge in [-0.2, -0.15) is 0 Å². The summed E-state index contributed by atoms with van der Waals surface area (Å²) in [4.78, 5) is 11.9. The first-order chi connectivity index (χ1) is 12.1. The summed E-state index contributed by atoms with van der Waals surface area (Å²) in [5.41, 5.74) is 2.43. The van der Waals surface area contributed by atoms with Crippen LogP contribution in [-0.2, 0) is 17.6 Å². The Morgan fingerprint density at radius 1 is 0.920 bits per heavy atom. The van der Waals surface area contributed by atoms with Crippen LogP contribution in [0, 0.1) is 0 Å². The van der Waals surface area contributed by atoms with Crippen LogP contribution in [0.3, 0.4) is 0 Å². The Balaban J connectivity index is 1.54. The van der Waals surface area contributed by atoms with Gasteiger partial charge in [0.2, 0.25) is 5.91 Å². The molecule has 3 nitrogen and oxygen atoms in total. The van der Waals surface area contributed by atoms with E-state index in [9.17, 15) is 4.79 Å². The Labute approximate surface area is 159 Å². The van der Waals surface area contributed by atoms with E-state index in [4.69, 9.17) is 23.8 Å². The molecular formula is C20H23ClN2OS. The molecular weight excluding hydrogens is 352 g/mol. The van der Waals surface area contributed by atoms with Gasteiger partial charge in [0.15, 0.2) is 5.11 Å². The van der Waals surface area contributed by atoms with Crippen molar-refractivity contribution in [3.8, 4) is 0 Å². The van der Waals surface area contributed by atoms with Crippen molar-refractivity contribution in [3.63, 3.8) is 0 Å². The summed E-state index contributed by atoms with van der Waals surface area (Å²) in [5.74, 6) is -0.0532. The molecule has 0 radical (unpaired) electrons. The van der Waals surface area contributed by atoms with Gasteiger partial charge in [0, 0.05) is 18.0 Å². The van der Waals surface area contributed by atoms with E-state index < -0.39 is 0 Å². The van der Waals surface area contributed by atoms with Crippen molar-refractivity contribution in [2.45, 2.75) is 32.1 Å². The van der Waals surface area contributed by atoms with E-state index in [1.54, 1.807) is 0 Å². The topological polar surface area (TPSA) is 41.1 Å². The average molecular weight is 375 g/mol. The van der Waals surface area contributed by atoms with Crippen molar-refractivity contribution < 1.29 is 4.79 Å². The highest BCUT2D eigenvalue weighted by Crippen LogP contribution is 2.11. The zero-order valence-corrected chi connectivity index (χ0v) is 15.7. The molecule has 0 aromatic heterocycles. The van der Waals surface area contributed by atoms with Gasteiger partial charge in [-0.15, -0.1) is 0 Å². The van der Waals surface area contributed by atoms with Gasteiger partial charge in [0.25, 0.3) is 0 Å². The quantitative estimate of drug-likeness (QED) is 0.535. The van der Waals surface area contributed by atoms with E-state index in [0.717, 1.165) is 42.8 Å². The monoisotopic (exact) mass is 374 g/mol. The van der Waals surface area contributed by atoms with Crippen LogP contribution in [0.4, 0.5) is 0 Å². The second-order valence-electron chi connectivity index (χ2n) is 5.87. The van der Waals surface area contributed by atoms with Crippen LogP contribution < -0.4 is 10.6 Å². The fourth-order valence-corrected chi connectivity index (χ4v) is 2.78. The Kier molecular flexibility index (Phi) is 8.43. The number of carbonyl (C=O) groups is 1. The van der Waals surface area contributed by atoms with Crippen LogP contribution >= 0.6 is 23.8 Å². The van der Waals surface area contributed by atoms with Gasteiger partial charge in [-0.1, -0.05) is 54.1 Å². The lowest BCUT2D eigenvalue weighted by molar-refractivity contribution is -0.119. The van der Waals surface area contributed by atoms with Crippen LogP contribution in [-0.4, -0.2) is 17.6 Å². The average Bonchev–Trinajstić information content (AvgIpc) is 2.62. The fourth-order valence-electron chi connectivity index (χ4n) is 2.44. The van der Waals surface area contributed by atoms with Crippen molar-refractivity contribution in [2.24, 2.45) is 0 Å². The molecule has 25 heavy (non-hydrogen) atoms. The number of aryl methyl sites for hydroxylation is 2. The number of amides is 1. The van der Waals surface area contributed by atoms with Crippen LogP contribution in [0.2, 0.25) is 5.02 Å². The Morgan fingerprint density at radius 3 is 2.32 bits per heavy atom. The molecule has 5 heteroatoms. The lowest BCUT2D eigenvalue weighted by Crippen LogP contribution is -2.39. The summed E-state index contributed by atoms with van der Waals surface area (Å²) < 4.78 is 0. The van der Waals surface area contributed by atoms with Crippen LogP contribution in [0.25, 0.3) is 0 Å². The minimum atomic E-state index is -0.0532. The van der Waals surface area contributed by atoms with Crippen molar-refractivity contribution in [3.05, 3.63) is 70.7 Å². The van der Waals surface area contributed by atoms with Crippen molar-refractivity contribution >= 4 is 34.8 Å². The zero-order valence-electron chi connectivity index (χ0n) is 14.1. The summed E-state index contributed by atoms with van der Waals surface area (Å²) in [5, 5.41) is 6.99. The highest BCUT2D eigenvalue weighted by Gasteiger charge is 2.04. The lowest BCUT2D eigenvalue weighted by atomic mass is 10.1. The Bertz CT molecular complexity index is 674. The maximum atomic E-state index is 11.9. The first kappa shape index (κ1) is 19.4. The first-order valence-electron chi connectivity index (χ1n) is 8.49. The highest BCUT2D eigenvalue weighted by molar-refractivity contribution is 7.80. The molecule has 0 atom stereocenters. The number of unbranched alkanes of at least 4 members (excludes halogenated alkanes) is 1. The summed E-state index contributed by atoms with van der Waals surface area (Å²) in [6.07, 6.45) is 4.20. The third-order valence-electron chi connectivity index (χ3n) is 3.83. The predicted octanol–water partition coefficient (Wildman–Crippen LogP) is 4.29. The molecule has 0 aliphatic heterocycles. The maximum Gasteiger partial charge on any atom is 0.226 e. The lowest BCUT2D eigenvalue weighted by Gasteiger charge is -2.09. The SMILES string of the molecule is O=C(CCc1ccccc1)NC(=S)NCCCCc1ccc(Cl)cc1. The number of nitrogens with one attached hydrogen (secondary N) is 2. The zero-order chi connectivity index (χ0) is 17.9. The summed E-state index contributed by atoms with van der Waals surface area (Å²) in [6, 6.07) is 17.9. The second kappa shape index (κ2) is 10.9. The highest BCUT2D eigenvalue weighted by atomic mass is 35.5. The van der Waals surface area contributed by atoms with E-state index in [1.165, 1.54) is 5.56 Å². The molecule has 0 bridgehead atoms. The Hall–Kier alpha value is -1.91.